The van der Waals surface area contributed by atoms with E-state index in [2.05, 4.69) is 5.32 Å². The number of nitrogens with one attached hydrogen (secondary N) is 1. The molecular formula is C13H19NO3. The van der Waals surface area contributed by atoms with Gasteiger partial charge in [-0.2, -0.15) is 0 Å². The lowest BCUT2D eigenvalue weighted by Crippen LogP contribution is -2.46. The summed E-state index contributed by atoms with van der Waals surface area (Å²) in [5.74, 6) is -1.14. The third-order valence-corrected chi connectivity index (χ3v) is 3.79. The van der Waals surface area contributed by atoms with Crippen molar-refractivity contribution in [3.8, 4) is 0 Å². The van der Waals surface area contributed by atoms with Crippen LogP contribution in [0, 0.1) is 11.8 Å². The number of carboxylic acid groups (broad SMARTS) is 1. The van der Waals surface area contributed by atoms with Gasteiger partial charge in [-0.25, -0.2) is 0 Å². The fourth-order valence-corrected chi connectivity index (χ4v) is 2.73. The lowest BCUT2D eigenvalue weighted by molar-refractivity contribution is -0.144. The number of hydrogen-bond donors (Lipinski definition) is 2. The maximum atomic E-state index is 11.9. The van der Waals surface area contributed by atoms with Crippen LogP contribution in [0.4, 0.5) is 0 Å². The SMILES string of the molecule is O=C(NC1CCCCC1C(=O)O)C1CC=CC1. The molecule has 0 heterocycles. The number of carbonyl (C=O) groups is 2. The van der Waals surface area contributed by atoms with Crippen LogP contribution in [0.3, 0.4) is 0 Å². The van der Waals surface area contributed by atoms with E-state index >= 15 is 0 Å². The predicted molar refractivity (Wildman–Crippen MR) is 63.4 cm³/mol. The van der Waals surface area contributed by atoms with Crippen molar-refractivity contribution in [3.63, 3.8) is 0 Å². The molecule has 0 aliphatic heterocycles. The van der Waals surface area contributed by atoms with Crippen molar-refractivity contribution in [1.82, 2.24) is 5.32 Å². The van der Waals surface area contributed by atoms with Crippen molar-refractivity contribution in [1.29, 1.82) is 0 Å². The molecule has 1 amide bonds. The van der Waals surface area contributed by atoms with Crippen LogP contribution < -0.4 is 5.32 Å². The average Bonchev–Trinajstić information content (AvgIpc) is 2.83. The van der Waals surface area contributed by atoms with Crippen molar-refractivity contribution in [2.24, 2.45) is 11.8 Å². The topological polar surface area (TPSA) is 66.4 Å². The van der Waals surface area contributed by atoms with E-state index in [1.165, 1.54) is 0 Å². The molecule has 0 spiro atoms. The van der Waals surface area contributed by atoms with E-state index in [1.54, 1.807) is 0 Å². The monoisotopic (exact) mass is 237 g/mol. The Morgan fingerprint density at radius 3 is 2.41 bits per heavy atom. The van der Waals surface area contributed by atoms with Gasteiger partial charge in [0.2, 0.25) is 5.91 Å². The first kappa shape index (κ1) is 12.1. The molecule has 94 valence electrons. The van der Waals surface area contributed by atoms with Crippen molar-refractivity contribution in [3.05, 3.63) is 12.2 Å². The third kappa shape index (κ3) is 2.87. The lowest BCUT2D eigenvalue weighted by Gasteiger charge is -2.30. The summed E-state index contributed by atoms with van der Waals surface area (Å²) in [6.07, 6.45) is 9.05. The molecule has 2 atom stereocenters. The minimum atomic E-state index is -0.778. The minimum absolute atomic E-state index is 0.0198. The zero-order valence-electron chi connectivity index (χ0n) is 9.89. The second-order valence-electron chi connectivity index (χ2n) is 4.98. The fraction of sp³-hybridized carbons (Fsp3) is 0.692. The van der Waals surface area contributed by atoms with Crippen LogP contribution in [0.2, 0.25) is 0 Å². The van der Waals surface area contributed by atoms with Gasteiger partial charge in [0.15, 0.2) is 0 Å². The van der Waals surface area contributed by atoms with Gasteiger partial charge in [0.05, 0.1) is 5.92 Å². The van der Waals surface area contributed by atoms with Crippen molar-refractivity contribution in [2.45, 2.75) is 44.6 Å². The Hall–Kier alpha value is -1.32. The summed E-state index contributed by atoms with van der Waals surface area (Å²) in [5, 5.41) is 12.1. The largest absolute Gasteiger partial charge is 0.481 e. The van der Waals surface area contributed by atoms with E-state index in [0.717, 1.165) is 32.1 Å². The Balaban J connectivity index is 1.91. The Kier molecular flexibility index (Phi) is 3.82. The van der Waals surface area contributed by atoms with E-state index in [0.29, 0.717) is 6.42 Å². The molecule has 0 aromatic carbocycles. The summed E-state index contributed by atoms with van der Waals surface area (Å²) in [7, 11) is 0. The summed E-state index contributed by atoms with van der Waals surface area (Å²) in [6, 6.07) is -0.172. The van der Waals surface area contributed by atoms with E-state index in [4.69, 9.17) is 5.11 Å². The summed E-state index contributed by atoms with van der Waals surface area (Å²) < 4.78 is 0. The summed E-state index contributed by atoms with van der Waals surface area (Å²) in [4.78, 5) is 23.0. The van der Waals surface area contributed by atoms with E-state index in [-0.39, 0.29) is 17.9 Å². The number of carbonyl (C=O) groups excluding carboxylic acids is 1. The van der Waals surface area contributed by atoms with Crippen LogP contribution in [0.15, 0.2) is 12.2 Å². The van der Waals surface area contributed by atoms with Crippen molar-refractivity contribution < 1.29 is 14.7 Å². The van der Waals surface area contributed by atoms with Crippen LogP contribution in [0.1, 0.15) is 38.5 Å². The quantitative estimate of drug-likeness (QED) is 0.734. The van der Waals surface area contributed by atoms with E-state index in [9.17, 15) is 9.59 Å². The first-order chi connectivity index (χ1) is 8.18. The van der Waals surface area contributed by atoms with Gasteiger partial charge in [0.1, 0.15) is 0 Å². The normalized spacial score (nSPS) is 29.2. The zero-order valence-corrected chi connectivity index (χ0v) is 9.89. The van der Waals surface area contributed by atoms with E-state index < -0.39 is 11.9 Å². The molecule has 2 N–H and O–H groups in total. The van der Waals surface area contributed by atoms with Gasteiger partial charge in [-0.3, -0.25) is 9.59 Å². The summed E-state index contributed by atoms with van der Waals surface area (Å²) in [6.45, 7) is 0. The molecule has 0 bridgehead atoms. The molecule has 4 nitrogen and oxygen atoms in total. The molecule has 2 aliphatic carbocycles. The van der Waals surface area contributed by atoms with Crippen LogP contribution in [-0.4, -0.2) is 23.0 Å². The number of carboxylic acids is 1. The first-order valence-corrected chi connectivity index (χ1v) is 6.36. The predicted octanol–water partition coefficient (Wildman–Crippen LogP) is 1.71. The summed E-state index contributed by atoms with van der Waals surface area (Å²) >= 11 is 0. The molecule has 0 radical (unpaired) electrons. The second-order valence-corrected chi connectivity index (χ2v) is 4.98. The molecular weight excluding hydrogens is 218 g/mol. The molecule has 4 heteroatoms. The number of aliphatic carboxylic acids is 1. The smallest absolute Gasteiger partial charge is 0.308 e. The van der Waals surface area contributed by atoms with Crippen molar-refractivity contribution >= 4 is 11.9 Å². The molecule has 0 aromatic heterocycles. The van der Waals surface area contributed by atoms with E-state index in [1.807, 2.05) is 12.2 Å². The molecule has 1 saturated carbocycles. The third-order valence-electron chi connectivity index (χ3n) is 3.79. The second kappa shape index (κ2) is 5.34. The highest BCUT2D eigenvalue weighted by molar-refractivity contribution is 5.81. The zero-order chi connectivity index (χ0) is 12.3. The molecule has 0 saturated heterocycles. The van der Waals surface area contributed by atoms with Gasteiger partial charge in [-0.1, -0.05) is 25.0 Å². The van der Waals surface area contributed by atoms with Crippen LogP contribution >= 0.6 is 0 Å². The molecule has 1 fully saturated rings. The molecule has 17 heavy (non-hydrogen) atoms. The fourth-order valence-electron chi connectivity index (χ4n) is 2.73. The number of allylic oxidation sites excluding steroid dienone is 2. The molecule has 2 rings (SSSR count). The van der Waals surface area contributed by atoms with Crippen LogP contribution in [0.5, 0.6) is 0 Å². The van der Waals surface area contributed by atoms with Crippen molar-refractivity contribution in [2.75, 3.05) is 0 Å². The first-order valence-electron chi connectivity index (χ1n) is 6.36. The van der Waals surface area contributed by atoms with Gasteiger partial charge in [0.25, 0.3) is 0 Å². The standard InChI is InChI=1S/C13H19NO3/c15-12(9-5-1-2-6-9)14-11-8-4-3-7-10(11)13(16)17/h1-2,9-11H,3-8H2,(H,14,15)(H,16,17). The number of rotatable bonds is 3. The Bertz CT molecular complexity index is 330. The van der Waals surface area contributed by atoms with Gasteiger partial charge in [-0.15, -0.1) is 0 Å². The molecule has 2 unspecified atom stereocenters. The summed E-state index contributed by atoms with van der Waals surface area (Å²) in [5.41, 5.74) is 0. The highest BCUT2D eigenvalue weighted by Crippen LogP contribution is 2.26. The van der Waals surface area contributed by atoms with Gasteiger partial charge >= 0.3 is 5.97 Å². The maximum Gasteiger partial charge on any atom is 0.308 e. The maximum absolute atomic E-state index is 11.9. The van der Waals surface area contributed by atoms with Gasteiger partial charge in [-0.05, 0) is 25.7 Å². The van der Waals surface area contributed by atoms with Gasteiger partial charge < -0.3 is 10.4 Å². The minimum Gasteiger partial charge on any atom is -0.481 e. The Labute approximate surface area is 101 Å². The number of hydrogen-bond acceptors (Lipinski definition) is 2. The van der Waals surface area contributed by atoms with Gasteiger partial charge in [0, 0.05) is 12.0 Å². The highest BCUT2D eigenvalue weighted by atomic mass is 16.4. The Morgan fingerprint density at radius 1 is 1.12 bits per heavy atom. The lowest BCUT2D eigenvalue weighted by atomic mass is 9.84. The number of amides is 1. The Morgan fingerprint density at radius 2 is 1.76 bits per heavy atom. The highest BCUT2D eigenvalue weighted by Gasteiger charge is 2.33. The van der Waals surface area contributed by atoms with Crippen LogP contribution in [-0.2, 0) is 9.59 Å². The average molecular weight is 237 g/mol. The molecule has 2 aliphatic rings. The molecule has 0 aromatic rings. The van der Waals surface area contributed by atoms with Crippen LogP contribution in [0.25, 0.3) is 0 Å².